The molecule has 0 radical (unpaired) electrons. The smallest absolute Gasteiger partial charge is 0.251 e. The van der Waals surface area contributed by atoms with Gasteiger partial charge in [0.05, 0.1) is 17.7 Å². The van der Waals surface area contributed by atoms with Crippen molar-refractivity contribution in [2.75, 3.05) is 19.6 Å². The number of morpholine rings is 1. The first kappa shape index (κ1) is 18.8. The van der Waals surface area contributed by atoms with Gasteiger partial charge in [0.1, 0.15) is 5.52 Å². The zero-order valence-corrected chi connectivity index (χ0v) is 16.3. The van der Waals surface area contributed by atoms with Crippen molar-refractivity contribution in [1.82, 2.24) is 25.2 Å². The van der Waals surface area contributed by atoms with Gasteiger partial charge in [-0.1, -0.05) is 5.21 Å². The minimum absolute atomic E-state index is 0.0830. The van der Waals surface area contributed by atoms with E-state index in [9.17, 15) is 4.79 Å². The fourth-order valence-electron chi connectivity index (χ4n) is 3.53. The van der Waals surface area contributed by atoms with Gasteiger partial charge in [-0.2, -0.15) is 0 Å². The lowest BCUT2D eigenvalue weighted by Crippen LogP contribution is -2.58. The number of nitrogens with one attached hydrogen (secondary N) is 1. The molecule has 1 aliphatic rings. The number of amides is 1. The van der Waals surface area contributed by atoms with Crippen LogP contribution in [0.15, 0.2) is 18.2 Å². The zero-order chi connectivity index (χ0) is 18.9. The summed E-state index contributed by atoms with van der Waals surface area (Å²) < 4.78 is 7.64. The molecular formula is C19H29N5O2. The number of hydrogen-bond donors (Lipinski definition) is 1. The fourth-order valence-corrected chi connectivity index (χ4v) is 3.53. The quantitative estimate of drug-likeness (QED) is 0.885. The molecule has 0 spiro atoms. The number of aryl methyl sites for hydroxylation is 1. The van der Waals surface area contributed by atoms with E-state index in [4.69, 9.17) is 4.74 Å². The largest absolute Gasteiger partial charge is 0.373 e. The van der Waals surface area contributed by atoms with Gasteiger partial charge in [0.2, 0.25) is 0 Å². The summed E-state index contributed by atoms with van der Waals surface area (Å²) in [5, 5.41) is 11.3. The Bertz CT molecular complexity index is 775. The van der Waals surface area contributed by atoms with Gasteiger partial charge < -0.3 is 10.1 Å². The Labute approximate surface area is 154 Å². The number of rotatable bonds is 5. The summed E-state index contributed by atoms with van der Waals surface area (Å²) >= 11 is 0. The predicted octanol–water partition coefficient (Wildman–Crippen LogP) is 2.07. The van der Waals surface area contributed by atoms with E-state index in [1.165, 1.54) is 0 Å². The molecule has 2 aromatic rings. The molecule has 3 rings (SSSR count). The lowest BCUT2D eigenvalue weighted by Gasteiger charge is -2.45. The highest BCUT2D eigenvalue weighted by Crippen LogP contribution is 2.21. The van der Waals surface area contributed by atoms with E-state index in [0.29, 0.717) is 12.1 Å². The van der Waals surface area contributed by atoms with Crippen LogP contribution in [0.1, 0.15) is 45.0 Å². The number of ether oxygens (including phenoxy) is 1. The Morgan fingerprint density at radius 1 is 1.31 bits per heavy atom. The van der Waals surface area contributed by atoms with Gasteiger partial charge in [-0.05, 0) is 52.8 Å². The van der Waals surface area contributed by atoms with Gasteiger partial charge in [0.25, 0.3) is 5.91 Å². The Balaban J connectivity index is 1.66. The van der Waals surface area contributed by atoms with Crippen molar-refractivity contribution < 1.29 is 9.53 Å². The summed E-state index contributed by atoms with van der Waals surface area (Å²) in [6.07, 6.45) is 0.412. The van der Waals surface area contributed by atoms with Crippen molar-refractivity contribution in [2.45, 2.75) is 58.9 Å². The molecule has 0 unspecified atom stereocenters. The molecule has 0 saturated carbocycles. The summed E-state index contributed by atoms with van der Waals surface area (Å²) in [5.41, 5.74) is 2.16. The fraction of sp³-hybridized carbons (Fsp3) is 0.632. The van der Waals surface area contributed by atoms with Gasteiger partial charge in [0.15, 0.2) is 0 Å². The molecular weight excluding hydrogens is 330 g/mol. The van der Waals surface area contributed by atoms with Gasteiger partial charge in [0, 0.05) is 37.3 Å². The van der Waals surface area contributed by atoms with Crippen LogP contribution in [0.25, 0.3) is 11.0 Å². The Morgan fingerprint density at radius 2 is 2.00 bits per heavy atom. The minimum atomic E-state index is -0.141. The number of benzene rings is 1. The summed E-state index contributed by atoms with van der Waals surface area (Å²) in [6, 6.07) is 5.54. The van der Waals surface area contributed by atoms with E-state index in [1.54, 1.807) is 6.07 Å². The van der Waals surface area contributed by atoms with E-state index in [0.717, 1.165) is 30.7 Å². The van der Waals surface area contributed by atoms with Crippen molar-refractivity contribution in [3.05, 3.63) is 23.8 Å². The maximum absolute atomic E-state index is 12.6. The lowest BCUT2D eigenvalue weighted by atomic mass is 10.00. The number of aromatic nitrogens is 3. The van der Waals surface area contributed by atoms with Crippen LogP contribution in [0.3, 0.4) is 0 Å². The molecule has 26 heavy (non-hydrogen) atoms. The van der Waals surface area contributed by atoms with E-state index < -0.39 is 0 Å². The van der Waals surface area contributed by atoms with Crippen LogP contribution in [0.5, 0.6) is 0 Å². The highest BCUT2D eigenvalue weighted by molar-refractivity contribution is 5.97. The molecule has 0 bridgehead atoms. The first-order valence-corrected chi connectivity index (χ1v) is 9.32. The van der Waals surface area contributed by atoms with E-state index in [-0.39, 0.29) is 23.7 Å². The highest BCUT2D eigenvalue weighted by atomic mass is 16.5. The van der Waals surface area contributed by atoms with Crippen molar-refractivity contribution in [3.8, 4) is 0 Å². The summed E-state index contributed by atoms with van der Waals surface area (Å²) in [5.74, 6) is -0.0830. The molecule has 1 aromatic heterocycles. The van der Waals surface area contributed by atoms with Gasteiger partial charge in [-0.3, -0.25) is 9.69 Å². The SMILES string of the molecule is CCn1nnc2cc(C(=O)NCC(C)(C)N3C[C@H](C)O[C@@H](C)C3)ccc21. The molecule has 1 fully saturated rings. The lowest BCUT2D eigenvalue weighted by molar-refractivity contribution is -0.0948. The van der Waals surface area contributed by atoms with E-state index in [1.807, 2.05) is 23.7 Å². The molecule has 1 amide bonds. The van der Waals surface area contributed by atoms with Crippen molar-refractivity contribution in [2.24, 2.45) is 0 Å². The van der Waals surface area contributed by atoms with Crippen molar-refractivity contribution >= 4 is 16.9 Å². The minimum Gasteiger partial charge on any atom is -0.373 e. The second-order valence-electron chi connectivity index (χ2n) is 7.77. The number of hydrogen-bond acceptors (Lipinski definition) is 5. The average molecular weight is 359 g/mol. The summed E-state index contributed by atoms with van der Waals surface area (Å²) in [7, 11) is 0. The second-order valence-corrected chi connectivity index (χ2v) is 7.77. The zero-order valence-electron chi connectivity index (χ0n) is 16.3. The Kier molecular flexibility index (Phi) is 5.29. The van der Waals surface area contributed by atoms with Gasteiger partial charge >= 0.3 is 0 Å². The predicted molar refractivity (Wildman–Crippen MR) is 101 cm³/mol. The number of fused-ring (bicyclic) bond motifs is 1. The molecule has 1 saturated heterocycles. The molecule has 7 nitrogen and oxygen atoms in total. The third kappa shape index (κ3) is 3.88. The monoisotopic (exact) mass is 359 g/mol. The molecule has 0 aliphatic carbocycles. The Hall–Kier alpha value is -1.99. The third-order valence-electron chi connectivity index (χ3n) is 5.03. The molecule has 2 heterocycles. The topological polar surface area (TPSA) is 72.3 Å². The van der Waals surface area contributed by atoms with E-state index >= 15 is 0 Å². The Morgan fingerprint density at radius 3 is 2.65 bits per heavy atom. The molecule has 1 aromatic carbocycles. The maximum Gasteiger partial charge on any atom is 0.251 e. The first-order valence-electron chi connectivity index (χ1n) is 9.32. The standard InChI is InChI=1S/C19H29N5O2/c1-6-24-17-8-7-15(9-16(17)21-22-24)18(25)20-12-19(4,5)23-10-13(2)26-14(3)11-23/h7-9,13-14H,6,10-12H2,1-5H3,(H,20,25)/t13-,14-/m0/s1. The molecule has 7 heteroatoms. The normalized spacial score (nSPS) is 21.9. The van der Waals surface area contributed by atoms with Crippen molar-refractivity contribution in [3.63, 3.8) is 0 Å². The molecule has 1 aliphatic heterocycles. The molecule has 1 N–H and O–H groups in total. The van der Waals surface area contributed by atoms with Crippen LogP contribution in [0, 0.1) is 0 Å². The van der Waals surface area contributed by atoms with Crippen LogP contribution in [0.2, 0.25) is 0 Å². The van der Waals surface area contributed by atoms with Crippen LogP contribution >= 0.6 is 0 Å². The van der Waals surface area contributed by atoms with Crippen LogP contribution in [-0.2, 0) is 11.3 Å². The average Bonchev–Trinajstić information content (AvgIpc) is 3.01. The summed E-state index contributed by atoms with van der Waals surface area (Å²) in [6.45, 7) is 13.6. The van der Waals surface area contributed by atoms with Gasteiger partial charge in [-0.25, -0.2) is 4.68 Å². The van der Waals surface area contributed by atoms with Crippen LogP contribution in [0.4, 0.5) is 0 Å². The number of nitrogens with zero attached hydrogens (tertiary/aromatic N) is 4. The number of carbonyl (C=O) groups excluding carboxylic acids is 1. The van der Waals surface area contributed by atoms with Gasteiger partial charge in [-0.15, -0.1) is 5.10 Å². The van der Waals surface area contributed by atoms with E-state index in [2.05, 4.69) is 48.2 Å². The van der Waals surface area contributed by atoms with Crippen LogP contribution in [-0.4, -0.2) is 63.2 Å². The number of carbonyl (C=O) groups is 1. The maximum atomic E-state index is 12.6. The molecule has 2 atom stereocenters. The van der Waals surface area contributed by atoms with Crippen LogP contribution < -0.4 is 5.32 Å². The molecule has 142 valence electrons. The summed E-state index contributed by atoms with van der Waals surface area (Å²) in [4.78, 5) is 15.0. The highest BCUT2D eigenvalue weighted by Gasteiger charge is 2.33. The first-order chi connectivity index (χ1) is 12.3. The van der Waals surface area contributed by atoms with Crippen molar-refractivity contribution in [1.29, 1.82) is 0 Å². The second kappa shape index (κ2) is 7.32. The third-order valence-corrected chi connectivity index (χ3v) is 5.03.